The fourth-order valence-electron chi connectivity index (χ4n) is 2.55. The van der Waals surface area contributed by atoms with E-state index < -0.39 is 0 Å². The van der Waals surface area contributed by atoms with Gasteiger partial charge in [0.2, 0.25) is 0 Å². The van der Waals surface area contributed by atoms with E-state index in [-0.39, 0.29) is 11.6 Å². The van der Waals surface area contributed by atoms with Crippen LogP contribution in [-0.4, -0.2) is 30.8 Å². The van der Waals surface area contributed by atoms with Gasteiger partial charge >= 0.3 is 0 Å². The van der Waals surface area contributed by atoms with Gasteiger partial charge in [-0.05, 0) is 52.3 Å². The quantitative estimate of drug-likeness (QED) is 0.918. The van der Waals surface area contributed by atoms with Crippen molar-refractivity contribution in [2.45, 2.75) is 58.8 Å². The molecule has 0 spiro atoms. The number of hydrogen-bond donors (Lipinski definition) is 1. The molecule has 1 aromatic rings. The van der Waals surface area contributed by atoms with Crippen LogP contribution in [0.2, 0.25) is 5.02 Å². The molecule has 118 valence electrons. The third-order valence-electron chi connectivity index (χ3n) is 3.77. The van der Waals surface area contributed by atoms with Crippen molar-refractivity contribution in [2.75, 3.05) is 18.1 Å². The van der Waals surface area contributed by atoms with E-state index >= 15 is 0 Å². The molecule has 0 aromatic heterocycles. The number of halogens is 1. The van der Waals surface area contributed by atoms with E-state index in [0.717, 1.165) is 24.7 Å². The Morgan fingerprint density at radius 2 is 2.05 bits per heavy atom. The zero-order valence-electron chi connectivity index (χ0n) is 13.7. The molecule has 1 aromatic carbocycles. The molecule has 1 saturated heterocycles. The Kier molecular flexibility index (Phi) is 5.18. The van der Waals surface area contributed by atoms with E-state index in [2.05, 4.69) is 57.0 Å². The van der Waals surface area contributed by atoms with Gasteiger partial charge < -0.3 is 15.0 Å². The van der Waals surface area contributed by atoms with Crippen molar-refractivity contribution < 1.29 is 4.74 Å². The summed E-state index contributed by atoms with van der Waals surface area (Å²) in [6, 6.07) is 6.55. The second-order valence-electron chi connectivity index (χ2n) is 7.02. The number of ether oxygens (including phenoxy) is 1. The molecule has 1 aliphatic rings. The number of anilines is 1. The van der Waals surface area contributed by atoms with Crippen LogP contribution in [0.5, 0.6) is 0 Å². The van der Waals surface area contributed by atoms with Crippen LogP contribution in [0.15, 0.2) is 18.2 Å². The van der Waals surface area contributed by atoms with Crippen molar-refractivity contribution in [3.8, 4) is 0 Å². The zero-order chi connectivity index (χ0) is 15.6. The van der Waals surface area contributed by atoms with E-state index in [1.807, 2.05) is 6.07 Å². The van der Waals surface area contributed by atoms with Crippen LogP contribution in [0.3, 0.4) is 0 Å². The predicted octanol–water partition coefficient (Wildman–Crippen LogP) is 3.84. The second-order valence-corrected chi connectivity index (χ2v) is 7.46. The molecule has 0 bridgehead atoms. The summed E-state index contributed by atoms with van der Waals surface area (Å²) in [4.78, 5) is 2.42. The molecule has 1 N–H and O–H groups in total. The minimum atomic E-state index is 0.0980. The molecule has 1 fully saturated rings. The van der Waals surface area contributed by atoms with Crippen LogP contribution < -0.4 is 10.2 Å². The minimum absolute atomic E-state index is 0.0980. The maximum absolute atomic E-state index is 6.23. The van der Waals surface area contributed by atoms with E-state index in [4.69, 9.17) is 16.3 Å². The molecule has 0 saturated carbocycles. The summed E-state index contributed by atoms with van der Waals surface area (Å²) >= 11 is 6.23. The summed E-state index contributed by atoms with van der Waals surface area (Å²) in [7, 11) is 0. The zero-order valence-corrected chi connectivity index (χ0v) is 14.5. The lowest BCUT2D eigenvalue weighted by Gasteiger charge is -2.39. The largest absolute Gasteiger partial charge is 0.375 e. The van der Waals surface area contributed by atoms with Gasteiger partial charge in [0.15, 0.2) is 0 Å². The molecule has 0 radical (unpaired) electrons. The SMILES string of the molecule is CC1CN(c2cc(Cl)ccc2CNC(C)(C)C)C(C)CO1. The first-order valence-electron chi connectivity index (χ1n) is 7.68. The van der Waals surface area contributed by atoms with Crippen LogP contribution in [0.25, 0.3) is 0 Å². The van der Waals surface area contributed by atoms with Crippen molar-refractivity contribution in [1.82, 2.24) is 5.32 Å². The van der Waals surface area contributed by atoms with Crippen molar-refractivity contribution in [3.05, 3.63) is 28.8 Å². The lowest BCUT2D eigenvalue weighted by atomic mass is 10.1. The Morgan fingerprint density at radius 1 is 1.33 bits per heavy atom. The number of benzene rings is 1. The molecule has 0 aliphatic carbocycles. The van der Waals surface area contributed by atoms with Crippen LogP contribution in [0.1, 0.15) is 40.2 Å². The third kappa shape index (κ3) is 4.60. The second kappa shape index (κ2) is 6.55. The average Bonchev–Trinajstić information content (AvgIpc) is 2.39. The maximum Gasteiger partial charge on any atom is 0.0723 e. The van der Waals surface area contributed by atoms with Gasteiger partial charge in [0.1, 0.15) is 0 Å². The predicted molar refractivity (Wildman–Crippen MR) is 90.3 cm³/mol. The van der Waals surface area contributed by atoms with Gasteiger partial charge in [-0.2, -0.15) is 0 Å². The van der Waals surface area contributed by atoms with Crippen molar-refractivity contribution in [2.24, 2.45) is 0 Å². The van der Waals surface area contributed by atoms with Crippen molar-refractivity contribution >= 4 is 17.3 Å². The highest BCUT2D eigenvalue weighted by Crippen LogP contribution is 2.29. The summed E-state index contributed by atoms with van der Waals surface area (Å²) in [5.74, 6) is 0. The Hall–Kier alpha value is -0.770. The van der Waals surface area contributed by atoms with Crippen molar-refractivity contribution in [1.29, 1.82) is 0 Å². The summed E-state index contributed by atoms with van der Waals surface area (Å²) < 4.78 is 5.74. The van der Waals surface area contributed by atoms with Gasteiger partial charge in [0.25, 0.3) is 0 Å². The van der Waals surface area contributed by atoms with Crippen LogP contribution in [0.4, 0.5) is 5.69 Å². The number of morpholine rings is 1. The number of nitrogens with one attached hydrogen (secondary N) is 1. The molecule has 1 aliphatic heterocycles. The Morgan fingerprint density at radius 3 is 2.71 bits per heavy atom. The summed E-state index contributed by atoms with van der Waals surface area (Å²) in [6.07, 6.45) is 0.253. The first-order chi connectivity index (χ1) is 9.76. The first-order valence-corrected chi connectivity index (χ1v) is 8.06. The molecule has 2 atom stereocenters. The fraction of sp³-hybridized carbons (Fsp3) is 0.647. The number of nitrogens with zero attached hydrogens (tertiary/aromatic N) is 1. The highest BCUT2D eigenvalue weighted by Gasteiger charge is 2.25. The van der Waals surface area contributed by atoms with Gasteiger partial charge in [-0.1, -0.05) is 17.7 Å². The minimum Gasteiger partial charge on any atom is -0.375 e. The standard InChI is InChI=1S/C17H27ClN2O/c1-12-11-21-13(2)10-20(12)16-8-15(18)7-6-14(16)9-19-17(3,4)5/h6-8,12-13,19H,9-11H2,1-5H3. The molecule has 21 heavy (non-hydrogen) atoms. The highest BCUT2D eigenvalue weighted by atomic mass is 35.5. The molecular formula is C17H27ClN2O. The van der Waals surface area contributed by atoms with E-state index in [1.165, 1.54) is 11.3 Å². The Bertz CT molecular complexity index is 484. The molecule has 0 amide bonds. The van der Waals surface area contributed by atoms with Crippen LogP contribution in [0, 0.1) is 0 Å². The third-order valence-corrected chi connectivity index (χ3v) is 4.01. The monoisotopic (exact) mass is 310 g/mol. The number of rotatable bonds is 3. The molecule has 4 heteroatoms. The van der Waals surface area contributed by atoms with Gasteiger partial charge in [0, 0.05) is 35.4 Å². The van der Waals surface area contributed by atoms with E-state index in [1.54, 1.807) is 0 Å². The highest BCUT2D eigenvalue weighted by molar-refractivity contribution is 6.30. The topological polar surface area (TPSA) is 24.5 Å². The number of hydrogen-bond acceptors (Lipinski definition) is 3. The van der Waals surface area contributed by atoms with Crippen LogP contribution >= 0.6 is 11.6 Å². The normalized spacial score (nSPS) is 23.4. The van der Waals surface area contributed by atoms with Gasteiger partial charge in [0.05, 0.1) is 12.7 Å². The van der Waals surface area contributed by atoms with E-state index in [9.17, 15) is 0 Å². The van der Waals surface area contributed by atoms with E-state index in [0.29, 0.717) is 6.04 Å². The Labute approximate surface area is 133 Å². The summed E-state index contributed by atoms with van der Waals surface area (Å²) in [5, 5.41) is 4.35. The molecular weight excluding hydrogens is 284 g/mol. The molecule has 1 heterocycles. The lowest BCUT2D eigenvalue weighted by Crippen LogP contribution is -2.48. The Balaban J connectivity index is 2.25. The van der Waals surface area contributed by atoms with Crippen molar-refractivity contribution in [3.63, 3.8) is 0 Å². The van der Waals surface area contributed by atoms with Gasteiger partial charge in [-0.3, -0.25) is 0 Å². The van der Waals surface area contributed by atoms with Gasteiger partial charge in [-0.25, -0.2) is 0 Å². The maximum atomic E-state index is 6.23. The molecule has 2 rings (SSSR count). The average molecular weight is 311 g/mol. The first kappa shape index (κ1) is 16.6. The van der Waals surface area contributed by atoms with Crippen LogP contribution in [-0.2, 0) is 11.3 Å². The fourth-order valence-corrected chi connectivity index (χ4v) is 2.72. The summed E-state index contributed by atoms with van der Waals surface area (Å²) in [6.45, 7) is 13.4. The molecule has 3 nitrogen and oxygen atoms in total. The lowest BCUT2D eigenvalue weighted by molar-refractivity contribution is 0.0343. The molecule has 2 unspecified atom stereocenters. The summed E-state index contributed by atoms with van der Waals surface area (Å²) in [5.41, 5.74) is 2.61. The smallest absolute Gasteiger partial charge is 0.0723 e. The van der Waals surface area contributed by atoms with Gasteiger partial charge in [-0.15, -0.1) is 0 Å².